The molecule has 9 unspecified atom stereocenters. The molecular weight excluding hydrogens is 354 g/mol. The van der Waals surface area contributed by atoms with Crippen LogP contribution in [0.4, 0.5) is 0 Å². The van der Waals surface area contributed by atoms with Gasteiger partial charge in [0.25, 0.3) is 0 Å². The van der Waals surface area contributed by atoms with Crippen molar-refractivity contribution in [3.63, 3.8) is 0 Å². The maximum atomic E-state index is 11.9. The van der Waals surface area contributed by atoms with Crippen molar-refractivity contribution in [2.24, 2.45) is 5.92 Å². The molecule has 0 bridgehead atoms. The lowest BCUT2D eigenvalue weighted by molar-refractivity contribution is -0.296. The highest BCUT2D eigenvalue weighted by Gasteiger charge is 2.45. The van der Waals surface area contributed by atoms with Crippen LogP contribution < -0.4 is 0 Å². The van der Waals surface area contributed by atoms with E-state index in [0.717, 1.165) is 0 Å². The van der Waals surface area contributed by atoms with Gasteiger partial charge in [-0.05, 0) is 41.3 Å². The molecule has 1 aliphatic rings. The number of carbonyl (C=O) groups is 1. The highest BCUT2D eigenvalue weighted by molar-refractivity contribution is 5.70. The van der Waals surface area contributed by atoms with Crippen molar-refractivity contribution in [3.05, 3.63) is 0 Å². The van der Waals surface area contributed by atoms with Crippen molar-refractivity contribution in [1.29, 1.82) is 0 Å². The number of aliphatic hydroxyl groups excluding tert-OH is 3. The predicted molar refractivity (Wildman–Crippen MR) is 100 cm³/mol. The summed E-state index contributed by atoms with van der Waals surface area (Å²) in [6, 6.07) is -0.531. The van der Waals surface area contributed by atoms with Gasteiger partial charge in [0.2, 0.25) is 0 Å². The Balaban J connectivity index is 2.65. The quantitative estimate of drug-likeness (QED) is 0.488. The monoisotopic (exact) mass is 391 g/mol. The van der Waals surface area contributed by atoms with Gasteiger partial charge in [-0.15, -0.1) is 0 Å². The first kappa shape index (κ1) is 24.3. The summed E-state index contributed by atoms with van der Waals surface area (Å²) in [5.41, 5.74) is 0. The molecule has 0 aliphatic carbocycles. The van der Waals surface area contributed by atoms with Crippen molar-refractivity contribution in [3.8, 4) is 0 Å². The summed E-state index contributed by atoms with van der Waals surface area (Å²) in [5.74, 6) is -0.834. The number of ether oxygens (including phenoxy) is 3. The van der Waals surface area contributed by atoms with Crippen LogP contribution in [-0.4, -0.2) is 89.2 Å². The third kappa shape index (κ3) is 6.66. The normalized spacial score (nSPS) is 33.4. The number of rotatable bonds is 9. The van der Waals surface area contributed by atoms with Crippen LogP contribution in [0.1, 0.15) is 47.5 Å². The summed E-state index contributed by atoms with van der Waals surface area (Å²) in [6.07, 6.45) is -4.36. The molecule has 8 nitrogen and oxygen atoms in total. The van der Waals surface area contributed by atoms with Crippen LogP contribution >= 0.6 is 0 Å². The Bertz CT molecular complexity index is 461. The molecule has 1 aliphatic heterocycles. The molecule has 0 aromatic carbocycles. The van der Waals surface area contributed by atoms with Gasteiger partial charge in [0.1, 0.15) is 6.10 Å². The number of aliphatic hydroxyl groups is 3. The van der Waals surface area contributed by atoms with E-state index in [1.807, 2.05) is 6.92 Å². The third-order valence-corrected chi connectivity index (χ3v) is 5.38. The molecule has 0 aromatic heterocycles. The van der Waals surface area contributed by atoms with E-state index in [4.69, 9.17) is 14.2 Å². The number of carbonyl (C=O) groups excluding carboxylic acids is 1. The van der Waals surface area contributed by atoms with Crippen LogP contribution in [0.2, 0.25) is 0 Å². The molecular formula is C19H37NO7. The maximum absolute atomic E-state index is 11.9. The van der Waals surface area contributed by atoms with E-state index in [2.05, 4.69) is 0 Å². The number of likely N-dealkylation sites (N-methyl/N-ethyl adjacent to an activating group) is 1. The Morgan fingerprint density at radius 1 is 1.19 bits per heavy atom. The third-order valence-electron chi connectivity index (χ3n) is 5.38. The largest absolute Gasteiger partial charge is 0.463 e. The lowest BCUT2D eigenvalue weighted by atomic mass is 9.94. The standard InChI is InChI=1S/C19H37NO7/c1-8-10(2)25-15(22)9-14(21)11(3)12(4)26-19-18(24)16(20(6)7)17(23)13(5)27-19/h10-14,16-19,21,23-24H,8-9H2,1-7H3. The van der Waals surface area contributed by atoms with Crippen LogP contribution in [0.25, 0.3) is 0 Å². The van der Waals surface area contributed by atoms with Gasteiger partial charge < -0.3 is 34.4 Å². The lowest BCUT2D eigenvalue weighted by Crippen LogP contribution is -2.62. The second-order valence-corrected chi connectivity index (χ2v) is 7.83. The number of hydrogen-bond acceptors (Lipinski definition) is 8. The molecule has 0 spiro atoms. The summed E-state index contributed by atoms with van der Waals surface area (Å²) in [6.45, 7) is 8.96. The van der Waals surface area contributed by atoms with Crippen LogP contribution in [0.3, 0.4) is 0 Å². The van der Waals surface area contributed by atoms with Gasteiger partial charge in [-0.25, -0.2) is 0 Å². The van der Waals surface area contributed by atoms with Crippen molar-refractivity contribution in [1.82, 2.24) is 4.90 Å². The van der Waals surface area contributed by atoms with E-state index in [1.54, 1.807) is 46.7 Å². The minimum atomic E-state index is -1.05. The first-order chi connectivity index (χ1) is 12.5. The first-order valence-electron chi connectivity index (χ1n) is 9.70. The highest BCUT2D eigenvalue weighted by Crippen LogP contribution is 2.27. The van der Waals surface area contributed by atoms with Crippen LogP contribution in [0.15, 0.2) is 0 Å². The molecule has 3 N–H and O–H groups in total. The fourth-order valence-electron chi connectivity index (χ4n) is 3.10. The predicted octanol–water partition coefficient (Wildman–Crippen LogP) is 0.517. The minimum Gasteiger partial charge on any atom is -0.463 e. The zero-order chi connectivity index (χ0) is 20.9. The number of esters is 1. The van der Waals surface area contributed by atoms with E-state index in [-0.39, 0.29) is 18.4 Å². The lowest BCUT2D eigenvalue weighted by Gasteiger charge is -2.45. The Morgan fingerprint density at radius 3 is 2.30 bits per heavy atom. The smallest absolute Gasteiger partial charge is 0.308 e. The van der Waals surface area contributed by atoms with Gasteiger partial charge in [0.05, 0.1) is 43.0 Å². The molecule has 1 saturated heterocycles. The van der Waals surface area contributed by atoms with Crippen molar-refractivity contribution >= 4 is 5.97 Å². The molecule has 9 atom stereocenters. The van der Waals surface area contributed by atoms with Gasteiger partial charge in [-0.3, -0.25) is 4.79 Å². The fraction of sp³-hybridized carbons (Fsp3) is 0.947. The molecule has 8 heteroatoms. The van der Waals surface area contributed by atoms with E-state index in [9.17, 15) is 20.1 Å². The summed E-state index contributed by atoms with van der Waals surface area (Å²) >= 11 is 0. The summed E-state index contributed by atoms with van der Waals surface area (Å²) < 4.78 is 16.7. The topological polar surface area (TPSA) is 109 Å². The van der Waals surface area contributed by atoms with Crippen LogP contribution in [0.5, 0.6) is 0 Å². The molecule has 1 rings (SSSR count). The molecule has 0 aromatic rings. The highest BCUT2D eigenvalue weighted by atomic mass is 16.7. The zero-order valence-corrected chi connectivity index (χ0v) is 17.5. The maximum Gasteiger partial charge on any atom is 0.308 e. The average molecular weight is 392 g/mol. The molecule has 1 heterocycles. The Kier molecular flexibility index (Phi) is 9.61. The van der Waals surface area contributed by atoms with Gasteiger partial charge in [0.15, 0.2) is 6.29 Å². The zero-order valence-electron chi connectivity index (χ0n) is 17.5. The van der Waals surface area contributed by atoms with Gasteiger partial charge in [0, 0.05) is 5.92 Å². The molecule has 0 radical (unpaired) electrons. The molecule has 0 saturated carbocycles. The second-order valence-electron chi connectivity index (χ2n) is 7.83. The number of hydrogen-bond donors (Lipinski definition) is 3. The van der Waals surface area contributed by atoms with Crippen LogP contribution in [0, 0.1) is 5.92 Å². The molecule has 0 amide bonds. The van der Waals surface area contributed by atoms with Gasteiger partial charge in [-0.1, -0.05) is 13.8 Å². The Labute approximate surface area is 162 Å². The van der Waals surface area contributed by atoms with E-state index < -0.39 is 48.8 Å². The summed E-state index contributed by atoms with van der Waals surface area (Å²) in [7, 11) is 3.54. The van der Waals surface area contributed by atoms with Crippen LogP contribution in [-0.2, 0) is 19.0 Å². The van der Waals surface area contributed by atoms with E-state index in [1.165, 1.54) is 0 Å². The minimum absolute atomic E-state index is 0.122. The SMILES string of the molecule is CCC(C)OC(=O)CC(O)C(C)C(C)OC1OC(C)C(O)C(N(C)C)C1O. The molecule has 27 heavy (non-hydrogen) atoms. The Hall–Kier alpha value is -0.770. The molecule has 1 fully saturated rings. The molecule has 160 valence electrons. The number of nitrogens with zero attached hydrogens (tertiary/aromatic N) is 1. The van der Waals surface area contributed by atoms with Gasteiger partial charge in [-0.2, -0.15) is 0 Å². The summed E-state index contributed by atoms with van der Waals surface area (Å²) in [4.78, 5) is 13.6. The van der Waals surface area contributed by atoms with E-state index >= 15 is 0 Å². The van der Waals surface area contributed by atoms with Crippen molar-refractivity contribution in [2.45, 2.75) is 96.4 Å². The Morgan fingerprint density at radius 2 is 1.78 bits per heavy atom. The van der Waals surface area contributed by atoms with Gasteiger partial charge >= 0.3 is 5.97 Å². The van der Waals surface area contributed by atoms with Crippen molar-refractivity contribution in [2.75, 3.05) is 14.1 Å². The van der Waals surface area contributed by atoms with E-state index in [0.29, 0.717) is 6.42 Å². The van der Waals surface area contributed by atoms with Crippen molar-refractivity contribution < 1.29 is 34.3 Å². The fourth-order valence-corrected chi connectivity index (χ4v) is 3.10. The summed E-state index contributed by atoms with van der Waals surface area (Å²) in [5, 5.41) is 31.1. The second kappa shape index (κ2) is 10.7. The average Bonchev–Trinajstić information content (AvgIpc) is 2.58. The first-order valence-corrected chi connectivity index (χ1v) is 9.70.